The minimum atomic E-state index is -0.411. The summed E-state index contributed by atoms with van der Waals surface area (Å²) in [7, 11) is 0. The molecular weight excluding hydrogens is 298 g/mol. The van der Waals surface area contributed by atoms with Gasteiger partial charge in [-0.1, -0.05) is 29.9 Å². The highest BCUT2D eigenvalue weighted by Gasteiger charge is 2.17. The van der Waals surface area contributed by atoms with Crippen LogP contribution in [0.25, 0.3) is 0 Å². The molecule has 0 aromatic carbocycles. The number of halogens is 1. The molecule has 1 atom stereocenters. The number of amides is 1. The molecule has 0 bridgehead atoms. The molecule has 0 radical (unpaired) electrons. The van der Waals surface area contributed by atoms with E-state index in [0.29, 0.717) is 17.5 Å². The first-order valence-electron chi connectivity index (χ1n) is 6.27. The number of hydrogen-bond acceptors (Lipinski definition) is 5. The van der Waals surface area contributed by atoms with Gasteiger partial charge in [-0.3, -0.25) is 9.48 Å². The zero-order chi connectivity index (χ0) is 14.7. The first-order chi connectivity index (χ1) is 9.49. The SMILES string of the molecule is CC(C)c1nnsc1CNC(=O)C(C)n1cc(Cl)cn1. The van der Waals surface area contributed by atoms with Crippen molar-refractivity contribution in [3.05, 3.63) is 28.0 Å². The molecule has 2 rings (SSSR count). The first kappa shape index (κ1) is 14.9. The van der Waals surface area contributed by atoms with Crippen LogP contribution in [0.2, 0.25) is 5.02 Å². The van der Waals surface area contributed by atoms with Gasteiger partial charge < -0.3 is 5.32 Å². The Morgan fingerprint density at radius 1 is 1.50 bits per heavy atom. The molecule has 20 heavy (non-hydrogen) atoms. The minimum Gasteiger partial charge on any atom is -0.349 e. The van der Waals surface area contributed by atoms with Gasteiger partial charge in [0, 0.05) is 6.20 Å². The van der Waals surface area contributed by atoms with Crippen LogP contribution in [-0.2, 0) is 11.3 Å². The summed E-state index contributed by atoms with van der Waals surface area (Å²) in [5.74, 6) is 0.177. The Balaban J connectivity index is 1.96. The second-order valence-electron chi connectivity index (χ2n) is 4.77. The zero-order valence-electron chi connectivity index (χ0n) is 11.5. The molecule has 2 aromatic heterocycles. The van der Waals surface area contributed by atoms with Crippen molar-refractivity contribution < 1.29 is 4.79 Å². The topological polar surface area (TPSA) is 72.7 Å². The molecule has 0 aliphatic rings. The predicted molar refractivity (Wildman–Crippen MR) is 77.8 cm³/mol. The van der Waals surface area contributed by atoms with Crippen LogP contribution in [0.4, 0.5) is 0 Å². The van der Waals surface area contributed by atoms with Gasteiger partial charge in [0.2, 0.25) is 5.91 Å². The summed E-state index contributed by atoms with van der Waals surface area (Å²) in [6.45, 7) is 6.31. The van der Waals surface area contributed by atoms with Crippen LogP contribution in [0.5, 0.6) is 0 Å². The number of carbonyl (C=O) groups excluding carboxylic acids is 1. The Bertz CT molecular complexity index is 594. The lowest BCUT2D eigenvalue weighted by molar-refractivity contribution is -0.124. The third-order valence-electron chi connectivity index (χ3n) is 2.90. The summed E-state index contributed by atoms with van der Waals surface area (Å²) < 4.78 is 5.47. The van der Waals surface area contributed by atoms with Crippen LogP contribution in [0.3, 0.4) is 0 Å². The first-order valence-corrected chi connectivity index (χ1v) is 7.42. The van der Waals surface area contributed by atoms with Crippen molar-refractivity contribution in [1.29, 1.82) is 0 Å². The number of hydrogen-bond donors (Lipinski definition) is 1. The highest BCUT2D eigenvalue weighted by molar-refractivity contribution is 7.05. The number of nitrogens with zero attached hydrogens (tertiary/aromatic N) is 4. The van der Waals surface area contributed by atoms with Crippen LogP contribution in [0.1, 0.15) is 43.3 Å². The van der Waals surface area contributed by atoms with Crippen LogP contribution in [-0.4, -0.2) is 25.3 Å². The number of rotatable bonds is 5. The van der Waals surface area contributed by atoms with E-state index in [1.165, 1.54) is 22.4 Å². The van der Waals surface area contributed by atoms with Gasteiger partial charge in [0.15, 0.2) is 0 Å². The Morgan fingerprint density at radius 3 is 2.85 bits per heavy atom. The summed E-state index contributed by atoms with van der Waals surface area (Å²) in [5.41, 5.74) is 0.935. The standard InChI is InChI=1S/C12H16ClN5OS/c1-7(2)11-10(20-17-16-11)5-14-12(19)8(3)18-6-9(13)4-15-18/h4,6-8H,5H2,1-3H3,(H,14,19). The lowest BCUT2D eigenvalue weighted by atomic mass is 10.1. The van der Waals surface area contributed by atoms with E-state index in [0.717, 1.165) is 10.6 Å². The van der Waals surface area contributed by atoms with Crippen molar-refractivity contribution in [3.8, 4) is 0 Å². The van der Waals surface area contributed by atoms with Gasteiger partial charge in [-0.2, -0.15) is 5.10 Å². The van der Waals surface area contributed by atoms with Crippen LogP contribution in [0.15, 0.2) is 12.4 Å². The number of aromatic nitrogens is 4. The molecule has 0 aliphatic carbocycles. The average molecular weight is 314 g/mol. The molecule has 1 N–H and O–H groups in total. The van der Waals surface area contributed by atoms with E-state index < -0.39 is 6.04 Å². The van der Waals surface area contributed by atoms with E-state index >= 15 is 0 Å². The summed E-state index contributed by atoms with van der Waals surface area (Å²) in [6, 6.07) is -0.411. The van der Waals surface area contributed by atoms with Crippen molar-refractivity contribution in [3.63, 3.8) is 0 Å². The molecule has 2 aromatic rings. The Kier molecular flexibility index (Phi) is 4.72. The quantitative estimate of drug-likeness (QED) is 0.920. The van der Waals surface area contributed by atoms with Gasteiger partial charge in [-0.05, 0) is 24.4 Å². The Hall–Kier alpha value is -1.47. The van der Waals surface area contributed by atoms with Gasteiger partial charge in [0.05, 0.1) is 28.3 Å². The van der Waals surface area contributed by atoms with E-state index in [4.69, 9.17) is 11.6 Å². The third-order valence-corrected chi connectivity index (χ3v) is 3.83. The lowest BCUT2D eigenvalue weighted by Crippen LogP contribution is -2.30. The van der Waals surface area contributed by atoms with Gasteiger partial charge >= 0.3 is 0 Å². The van der Waals surface area contributed by atoms with Crippen molar-refractivity contribution in [2.75, 3.05) is 0 Å². The second-order valence-corrected chi connectivity index (χ2v) is 6.04. The largest absolute Gasteiger partial charge is 0.349 e. The molecule has 0 spiro atoms. The summed E-state index contributed by atoms with van der Waals surface area (Å²) in [5, 5.41) is 11.5. The van der Waals surface area contributed by atoms with Gasteiger partial charge in [-0.25, -0.2) is 0 Å². The third kappa shape index (κ3) is 3.34. The highest BCUT2D eigenvalue weighted by atomic mass is 35.5. The molecule has 0 saturated carbocycles. The minimum absolute atomic E-state index is 0.118. The molecule has 0 saturated heterocycles. The van der Waals surface area contributed by atoms with Crippen LogP contribution < -0.4 is 5.32 Å². The number of nitrogens with one attached hydrogen (secondary N) is 1. The summed E-state index contributed by atoms with van der Waals surface area (Å²) >= 11 is 7.11. The van der Waals surface area contributed by atoms with Gasteiger partial charge in [0.1, 0.15) is 6.04 Å². The van der Waals surface area contributed by atoms with E-state index in [1.54, 1.807) is 13.1 Å². The normalized spacial score (nSPS) is 12.7. The van der Waals surface area contributed by atoms with Crippen molar-refractivity contribution in [2.24, 2.45) is 0 Å². The second kappa shape index (κ2) is 6.32. The van der Waals surface area contributed by atoms with Crippen LogP contribution in [0, 0.1) is 0 Å². The molecule has 8 heteroatoms. The van der Waals surface area contributed by atoms with Crippen LogP contribution >= 0.6 is 23.1 Å². The molecule has 0 fully saturated rings. The molecule has 0 aliphatic heterocycles. The van der Waals surface area contributed by atoms with E-state index in [-0.39, 0.29) is 5.91 Å². The maximum atomic E-state index is 12.1. The Labute approximate surface area is 126 Å². The van der Waals surface area contributed by atoms with E-state index in [9.17, 15) is 4.79 Å². The van der Waals surface area contributed by atoms with Crippen molar-refractivity contribution in [1.82, 2.24) is 24.7 Å². The fourth-order valence-corrected chi connectivity index (χ4v) is 2.62. The monoisotopic (exact) mass is 313 g/mol. The fourth-order valence-electron chi connectivity index (χ4n) is 1.74. The summed E-state index contributed by atoms with van der Waals surface area (Å²) in [6.07, 6.45) is 3.13. The number of carbonyl (C=O) groups is 1. The van der Waals surface area contributed by atoms with E-state index in [2.05, 4.69) is 33.8 Å². The average Bonchev–Trinajstić information content (AvgIpc) is 3.03. The van der Waals surface area contributed by atoms with Crippen molar-refractivity contribution in [2.45, 2.75) is 39.3 Å². The highest BCUT2D eigenvalue weighted by Crippen LogP contribution is 2.19. The fraction of sp³-hybridized carbons (Fsp3) is 0.500. The van der Waals surface area contributed by atoms with Gasteiger partial charge in [0.25, 0.3) is 0 Å². The zero-order valence-corrected chi connectivity index (χ0v) is 13.1. The maximum absolute atomic E-state index is 12.1. The Morgan fingerprint density at radius 2 is 2.25 bits per heavy atom. The molecule has 1 unspecified atom stereocenters. The molecule has 108 valence electrons. The van der Waals surface area contributed by atoms with Crippen molar-refractivity contribution >= 4 is 29.0 Å². The summed E-state index contributed by atoms with van der Waals surface area (Å²) in [4.78, 5) is 13.1. The predicted octanol–water partition coefficient (Wildman–Crippen LogP) is 2.39. The molecule has 6 nitrogen and oxygen atoms in total. The molecule has 2 heterocycles. The maximum Gasteiger partial charge on any atom is 0.244 e. The molecule has 1 amide bonds. The lowest BCUT2D eigenvalue weighted by Gasteiger charge is -2.12. The smallest absolute Gasteiger partial charge is 0.244 e. The molecular formula is C12H16ClN5OS. The van der Waals surface area contributed by atoms with Gasteiger partial charge in [-0.15, -0.1) is 5.10 Å². The van der Waals surface area contributed by atoms with E-state index in [1.807, 2.05) is 0 Å².